The van der Waals surface area contributed by atoms with Crippen LogP contribution in [-0.4, -0.2) is 0 Å². The first kappa shape index (κ1) is 22.4. The summed E-state index contributed by atoms with van der Waals surface area (Å²) in [5.74, 6) is 0. The van der Waals surface area contributed by atoms with Crippen LogP contribution in [0.1, 0.15) is 0 Å². The Labute approximate surface area is 123 Å². The molecule has 2 aromatic carbocycles. The van der Waals surface area contributed by atoms with Gasteiger partial charge in [-0.3, -0.25) is 0 Å². The van der Waals surface area contributed by atoms with Crippen LogP contribution in [0.25, 0.3) is 11.1 Å². The van der Waals surface area contributed by atoms with Gasteiger partial charge < -0.3 is 0 Å². The SMILES string of the molecule is [C-]#[O+].[C-]#[O+].[C-]#[O+].[Cr].c1ccc(-c2ccccc2)cc1. The van der Waals surface area contributed by atoms with Gasteiger partial charge in [-0.25, -0.2) is 0 Å². The van der Waals surface area contributed by atoms with Crippen LogP contribution in [0, 0.1) is 20.0 Å². The second-order valence-corrected chi connectivity index (χ2v) is 2.73. The van der Waals surface area contributed by atoms with Crippen LogP contribution in [0.3, 0.4) is 0 Å². The van der Waals surface area contributed by atoms with Gasteiger partial charge in [-0.2, -0.15) is 0 Å². The van der Waals surface area contributed by atoms with Gasteiger partial charge in [0.15, 0.2) is 0 Å². The standard InChI is InChI=1S/C12H10.3CO.Cr/c1-3-7-11(8-4-1)12-9-5-2-6-10-12;3*1-2;/h1-10H;;;;. The predicted octanol–water partition coefficient (Wildman–Crippen LogP) is 3.24. The summed E-state index contributed by atoms with van der Waals surface area (Å²) >= 11 is 0. The molecule has 94 valence electrons. The smallest absolute Gasteiger partial charge is 0 e. The summed E-state index contributed by atoms with van der Waals surface area (Å²) in [6, 6.07) is 20.8. The fourth-order valence-electron chi connectivity index (χ4n) is 1.26. The Bertz CT molecular complexity index is 409. The molecule has 0 spiro atoms. The monoisotopic (exact) mass is 290 g/mol. The molecule has 0 saturated heterocycles. The van der Waals surface area contributed by atoms with Crippen LogP contribution >= 0.6 is 0 Å². The Morgan fingerprint density at radius 3 is 0.895 bits per heavy atom. The minimum atomic E-state index is 0. The van der Waals surface area contributed by atoms with Crippen molar-refractivity contribution in [2.45, 2.75) is 0 Å². The minimum Gasteiger partial charge on any atom is -0.0622 e. The normalized spacial score (nSPS) is 6.42. The largest absolute Gasteiger partial charge is 0.0622 e. The average molecular weight is 290 g/mol. The maximum absolute atomic E-state index is 7.50. The summed E-state index contributed by atoms with van der Waals surface area (Å²) in [6.07, 6.45) is 0. The molecule has 0 amide bonds. The van der Waals surface area contributed by atoms with E-state index in [2.05, 4.69) is 68.5 Å². The van der Waals surface area contributed by atoms with Crippen LogP contribution in [0.2, 0.25) is 0 Å². The third kappa shape index (κ3) is 9.85. The first-order valence-electron chi connectivity index (χ1n) is 4.68. The fourth-order valence-corrected chi connectivity index (χ4v) is 1.26. The molecule has 0 aliphatic heterocycles. The molecule has 3 nitrogen and oxygen atoms in total. The van der Waals surface area contributed by atoms with E-state index in [9.17, 15) is 0 Å². The van der Waals surface area contributed by atoms with Gasteiger partial charge in [-0.15, -0.1) is 0 Å². The summed E-state index contributed by atoms with van der Waals surface area (Å²) in [6.45, 7) is 13.5. The molecule has 0 aliphatic carbocycles. The number of hydrogen-bond donors (Lipinski definition) is 0. The van der Waals surface area contributed by atoms with Crippen LogP contribution < -0.4 is 0 Å². The van der Waals surface area contributed by atoms with Crippen molar-refractivity contribution in [1.29, 1.82) is 0 Å². The van der Waals surface area contributed by atoms with Crippen LogP contribution in [0.15, 0.2) is 60.7 Å². The van der Waals surface area contributed by atoms with Crippen LogP contribution in [0.4, 0.5) is 0 Å². The van der Waals surface area contributed by atoms with Crippen molar-refractivity contribution in [1.82, 2.24) is 0 Å². The second kappa shape index (κ2) is 18.6. The van der Waals surface area contributed by atoms with Crippen molar-refractivity contribution < 1.29 is 31.3 Å². The van der Waals surface area contributed by atoms with Crippen molar-refractivity contribution in [2.24, 2.45) is 0 Å². The summed E-state index contributed by atoms with van der Waals surface area (Å²) in [7, 11) is 0. The molecule has 0 atom stereocenters. The zero-order chi connectivity index (χ0) is 14.2. The second-order valence-electron chi connectivity index (χ2n) is 2.73. The molecule has 0 fully saturated rings. The summed E-state index contributed by atoms with van der Waals surface area (Å²) < 4.78 is 22.5. The van der Waals surface area contributed by atoms with E-state index < -0.39 is 0 Å². The van der Waals surface area contributed by atoms with E-state index in [0.717, 1.165) is 0 Å². The molecule has 0 heterocycles. The molecule has 0 aliphatic rings. The van der Waals surface area contributed by atoms with E-state index in [-0.39, 0.29) is 17.4 Å². The van der Waals surface area contributed by atoms with Gasteiger partial charge in [-0.1, -0.05) is 60.7 Å². The molecule has 4 heteroatoms. The summed E-state index contributed by atoms with van der Waals surface area (Å²) in [5.41, 5.74) is 2.55. The van der Waals surface area contributed by atoms with Gasteiger partial charge in [0.1, 0.15) is 0 Å². The summed E-state index contributed by atoms with van der Waals surface area (Å²) in [4.78, 5) is 0. The first-order chi connectivity index (χ1) is 8.97. The van der Waals surface area contributed by atoms with Crippen molar-refractivity contribution in [3.05, 3.63) is 80.6 Å². The van der Waals surface area contributed by atoms with Gasteiger partial charge in [0.25, 0.3) is 0 Å². The van der Waals surface area contributed by atoms with Crippen LogP contribution in [0.5, 0.6) is 0 Å². The molecule has 0 N–H and O–H groups in total. The maximum atomic E-state index is 7.50. The molecule has 2 aromatic rings. The van der Waals surface area contributed by atoms with Crippen molar-refractivity contribution in [3.8, 4) is 11.1 Å². The van der Waals surface area contributed by atoms with E-state index in [1.54, 1.807) is 0 Å². The number of rotatable bonds is 1. The molecular formula is C15H10CrO3. The third-order valence-corrected chi connectivity index (χ3v) is 1.88. The van der Waals surface area contributed by atoms with Gasteiger partial charge >= 0.3 is 33.9 Å². The van der Waals surface area contributed by atoms with Crippen molar-refractivity contribution in [3.63, 3.8) is 0 Å². The maximum Gasteiger partial charge on any atom is 0 e. The zero-order valence-corrected chi connectivity index (χ0v) is 11.2. The summed E-state index contributed by atoms with van der Waals surface area (Å²) in [5, 5.41) is 0. The number of benzene rings is 2. The molecule has 0 unspecified atom stereocenters. The molecular weight excluding hydrogens is 280 g/mol. The third-order valence-electron chi connectivity index (χ3n) is 1.88. The molecule has 0 saturated carbocycles. The predicted molar refractivity (Wildman–Crippen MR) is 63.7 cm³/mol. The topological polar surface area (TPSA) is 59.7 Å². The van der Waals surface area contributed by atoms with E-state index in [0.29, 0.717) is 0 Å². The Morgan fingerprint density at radius 1 is 0.474 bits per heavy atom. The van der Waals surface area contributed by atoms with E-state index in [1.807, 2.05) is 12.1 Å². The molecule has 2 rings (SSSR count). The Morgan fingerprint density at radius 2 is 0.684 bits per heavy atom. The quantitative estimate of drug-likeness (QED) is 0.572. The molecule has 19 heavy (non-hydrogen) atoms. The molecule has 0 bridgehead atoms. The molecule has 0 radical (unpaired) electrons. The van der Waals surface area contributed by atoms with E-state index in [1.165, 1.54) is 11.1 Å². The van der Waals surface area contributed by atoms with Gasteiger partial charge in [0, 0.05) is 17.4 Å². The van der Waals surface area contributed by atoms with E-state index in [4.69, 9.17) is 14.0 Å². The number of hydrogen-bond acceptors (Lipinski definition) is 0. The van der Waals surface area contributed by atoms with Crippen LogP contribution in [-0.2, 0) is 31.3 Å². The Balaban J connectivity index is -0.000000325. The van der Waals surface area contributed by atoms with Gasteiger partial charge in [0.2, 0.25) is 0 Å². The molecule has 0 aromatic heterocycles. The van der Waals surface area contributed by atoms with E-state index >= 15 is 0 Å². The van der Waals surface area contributed by atoms with Gasteiger partial charge in [0.05, 0.1) is 0 Å². The average Bonchev–Trinajstić information content (AvgIpc) is 2.55. The van der Waals surface area contributed by atoms with Crippen molar-refractivity contribution >= 4 is 0 Å². The van der Waals surface area contributed by atoms with Gasteiger partial charge in [-0.05, 0) is 11.1 Å². The Hall–Kier alpha value is -1.81. The Kier molecular flexibility index (Phi) is 21.9. The van der Waals surface area contributed by atoms with Crippen molar-refractivity contribution in [2.75, 3.05) is 0 Å². The zero-order valence-electron chi connectivity index (χ0n) is 9.91. The first-order valence-corrected chi connectivity index (χ1v) is 4.68. The minimum absolute atomic E-state index is 0. The fraction of sp³-hybridized carbons (Fsp3) is 0.